The van der Waals surface area contributed by atoms with E-state index in [1.807, 2.05) is 12.1 Å². The zero-order valence-electron chi connectivity index (χ0n) is 12.1. The summed E-state index contributed by atoms with van der Waals surface area (Å²) in [6, 6.07) is 10.9. The third-order valence-electron chi connectivity index (χ3n) is 3.73. The van der Waals surface area contributed by atoms with E-state index in [9.17, 15) is 14.0 Å². The highest BCUT2D eigenvalue weighted by atomic mass is 19.1. The fraction of sp³-hybridized carbons (Fsp3) is 0.176. The molecule has 0 saturated heterocycles. The van der Waals surface area contributed by atoms with Gasteiger partial charge < -0.3 is 10.2 Å². The quantitative estimate of drug-likeness (QED) is 0.926. The number of carbonyl (C=O) groups is 2. The van der Waals surface area contributed by atoms with Crippen molar-refractivity contribution in [2.75, 3.05) is 16.8 Å². The molecule has 112 valence electrons. The molecule has 1 aliphatic heterocycles. The molecule has 1 N–H and O–H groups in total. The first-order valence-electron chi connectivity index (χ1n) is 7.03. The summed E-state index contributed by atoms with van der Waals surface area (Å²) in [4.78, 5) is 25.7. The highest BCUT2D eigenvalue weighted by Gasteiger charge is 2.25. The standard InChI is InChI=1S/C17H15FN2O2/c1-11(21)20-10-9-12-3-2-4-15(16(12)20)19-17(22)13-5-7-14(18)8-6-13/h2-8H,9-10H2,1H3,(H,19,22). The van der Waals surface area contributed by atoms with E-state index in [1.165, 1.54) is 31.2 Å². The van der Waals surface area contributed by atoms with Crippen LogP contribution in [-0.4, -0.2) is 18.4 Å². The molecule has 0 atom stereocenters. The van der Waals surface area contributed by atoms with E-state index in [-0.39, 0.29) is 17.6 Å². The predicted octanol–water partition coefficient (Wildman–Crippen LogP) is 2.99. The van der Waals surface area contributed by atoms with E-state index < -0.39 is 0 Å². The molecule has 0 bridgehead atoms. The van der Waals surface area contributed by atoms with E-state index in [2.05, 4.69) is 5.32 Å². The molecular formula is C17H15FN2O2. The molecule has 0 aromatic heterocycles. The lowest BCUT2D eigenvalue weighted by Crippen LogP contribution is -2.27. The second-order valence-electron chi connectivity index (χ2n) is 5.19. The van der Waals surface area contributed by atoms with Gasteiger partial charge in [-0.1, -0.05) is 12.1 Å². The molecule has 22 heavy (non-hydrogen) atoms. The van der Waals surface area contributed by atoms with E-state index in [0.29, 0.717) is 17.8 Å². The average molecular weight is 298 g/mol. The topological polar surface area (TPSA) is 49.4 Å². The van der Waals surface area contributed by atoms with Crippen LogP contribution in [0.1, 0.15) is 22.8 Å². The zero-order chi connectivity index (χ0) is 15.7. The lowest BCUT2D eigenvalue weighted by atomic mass is 10.1. The summed E-state index contributed by atoms with van der Waals surface area (Å²) in [5.41, 5.74) is 2.75. The van der Waals surface area contributed by atoms with Crippen LogP contribution in [0, 0.1) is 5.82 Å². The number of hydrogen-bond acceptors (Lipinski definition) is 2. The molecular weight excluding hydrogens is 283 g/mol. The molecule has 1 aliphatic rings. The van der Waals surface area contributed by atoms with Gasteiger partial charge in [0.2, 0.25) is 5.91 Å². The molecule has 5 heteroatoms. The number of amides is 2. The van der Waals surface area contributed by atoms with Gasteiger partial charge in [-0.15, -0.1) is 0 Å². The SMILES string of the molecule is CC(=O)N1CCc2cccc(NC(=O)c3ccc(F)cc3)c21. The molecule has 2 aromatic carbocycles. The number of para-hydroxylation sites is 1. The van der Waals surface area contributed by atoms with E-state index >= 15 is 0 Å². The van der Waals surface area contributed by atoms with Gasteiger partial charge in [-0.05, 0) is 42.3 Å². The molecule has 1 heterocycles. The van der Waals surface area contributed by atoms with Crippen molar-refractivity contribution in [3.05, 3.63) is 59.4 Å². The van der Waals surface area contributed by atoms with Crippen LogP contribution in [0.15, 0.2) is 42.5 Å². The summed E-state index contributed by atoms with van der Waals surface area (Å²) in [7, 11) is 0. The van der Waals surface area contributed by atoms with Crippen molar-refractivity contribution < 1.29 is 14.0 Å². The number of rotatable bonds is 2. The molecule has 0 fully saturated rings. The normalized spacial score (nSPS) is 12.9. The van der Waals surface area contributed by atoms with Crippen LogP contribution in [-0.2, 0) is 11.2 Å². The maximum Gasteiger partial charge on any atom is 0.255 e. The maximum absolute atomic E-state index is 12.9. The number of benzene rings is 2. The van der Waals surface area contributed by atoms with Crippen LogP contribution >= 0.6 is 0 Å². The number of carbonyl (C=O) groups excluding carboxylic acids is 2. The van der Waals surface area contributed by atoms with Crippen LogP contribution in [0.5, 0.6) is 0 Å². The highest BCUT2D eigenvalue weighted by molar-refractivity contribution is 6.08. The van der Waals surface area contributed by atoms with Gasteiger partial charge in [-0.3, -0.25) is 9.59 Å². The van der Waals surface area contributed by atoms with Crippen LogP contribution in [0.4, 0.5) is 15.8 Å². The molecule has 0 aliphatic carbocycles. The number of halogens is 1. The zero-order valence-corrected chi connectivity index (χ0v) is 12.1. The Labute approximate surface area is 127 Å². The Morgan fingerprint density at radius 1 is 1.14 bits per heavy atom. The Morgan fingerprint density at radius 2 is 1.86 bits per heavy atom. The summed E-state index contributed by atoms with van der Waals surface area (Å²) < 4.78 is 12.9. The van der Waals surface area contributed by atoms with Gasteiger partial charge in [0.25, 0.3) is 5.91 Å². The smallest absolute Gasteiger partial charge is 0.255 e. The summed E-state index contributed by atoms with van der Waals surface area (Å²) in [5, 5.41) is 2.81. The van der Waals surface area contributed by atoms with E-state index in [4.69, 9.17) is 0 Å². The van der Waals surface area contributed by atoms with Gasteiger partial charge in [0.1, 0.15) is 5.82 Å². The summed E-state index contributed by atoms with van der Waals surface area (Å²) in [6.07, 6.45) is 0.773. The lowest BCUT2D eigenvalue weighted by molar-refractivity contribution is -0.116. The number of fused-ring (bicyclic) bond motifs is 1. The van der Waals surface area contributed by atoms with Crippen molar-refractivity contribution in [2.45, 2.75) is 13.3 Å². The second kappa shape index (κ2) is 5.60. The monoisotopic (exact) mass is 298 g/mol. The Hall–Kier alpha value is -2.69. The predicted molar refractivity (Wildman–Crippen MR) is 82.5 cm³/mol. The Bertz CT molecular complexity index is 741. The third kappa shape index (κ3) is 2.57. The Kier molecular flexibility index (Phi) is 3.63. The van der Waals surface area contributed by atoms with E-state index in [1.54, 1.807) is 11.0 Å². The second-order valence-corrected chi connectivity index (χ2v) is 5.19. The minimum atomic E-state index is -0.389. The Balaban J connectivity index is 1.90. The van der Waals surface area contributed by atoms with Crippen LogP contribution < -0.4 is 10.2 Å². The van der Waals surface area contributed by atoms with E-state index in [0.717, 1.165) is 17.7 Å². The van der Waals surface area contributed by atoms with Gasteiger partial charge in [0.05, 0.1) is 11.4 Å². The number of anilines is 2. The Morgan fingerprint density at radius 3 is 2.55 bits per heavy atom. The van der Waals surface area contributed by atoms with Gasteiger partial charge >= 0.3 is 0 Å². The lowest BCUT2D eigenvalue weighted by Gasteiger charge is -2.19. The highest BCUT2D eigenvalue weighted by Crippen LogP contribution is 2.35. The van der Waals surface area contributed by atoms with Crippen molar-refractivity contribution in [3.8, 4) is 0 Å². The number of nitrogens with zero attached hydrogens (tertiary/aromatic N) is 1. The third-order valence-corrected chi connectivity index (χ3v) is 3.73. The van der Waals surface area contributed by atoms with Crippen LogP contribution in [0.2, 0.25) is 0 Å². The fourth-order valence-corrected chi connectivity index (χ4v) is 2.67. The first-order chi connectivity index (χ1) is 10.6. The van der Waals surface area contributed by atoms with Crippen molar-refractivity contribution in [3.63, 3.8) is 0 Å². The minimum Gasteiger partial charge on any atom is -0.320 e. The van der Waals surface area contributed by atoms with Gasteiger partial charge in [-0.2, -0.15) is 0 Å². The fourth-order valence-electron chi connectivity index (χ4n) is 2.67. The molecule has 3 rings (SSSR count). The molecule has 0 unspecified atom stereocenters. The van der Waals surface area contributed by atoms with Crippen LogP contribution in [0.3, 0.4) is 0 Å². The van der Waals surface area contributed by atoms with Crippen molar-refractivity contribution in [2.24, 2.45) is 0 Å². The van der Waals surface area contributed by atoms with Crippen molar-refractivity contribution in [1.82, 2.24) is 0 Å². The maximum atomic E-state index is 12.9. The molecule has 0 saturated carbocycles. The van der Waals surface area contributed by atoms with Crippen LogP contribution in [0.25, 0.3) is 0 Å². The average Bonchev–Trinajstić information content (AvgIpc) is 2.93. The number of hydrogen-bond donors (Lipinski definition) is 1. The minimum absolute atomic E-state index is 0.0535. The molecule has 2 aromatic rings. The molecule has 2 amide bonds. The molecule has 0 spiro atoms. The summed E-state index contributed by atoms with van der Waals surface area (Å²) in [6.45, 7) is 2.13. The van der Waals surface area contributed by atoms with Gasteiger partial charge in [0, 0.05) is 19.0 Å². The van der Waals surface area contributed by atoms with Gasteiger partial charge in [0.15, 0.2) is 0 Å². The first kappa shape index (κ1) is 14.3. The summed E-state index contributed by atoms with van der Waals surface area (Å²) >= 11 is 0. The first-order valence-corrected chi connectivity index (χ1v) is 7.03. The van der Waals surface area contributed by atoms with Gasteiger partial charge in [-0.25, -0.2) is 4.39 Å². The molecule has 4 nitrogen and oxygen atoms in total. The largest absolute Gasteiger partial charge is 0.320 e. The summed E-state index contributed by atoms with van der Waals surface area (Å²) in [5.74, 6) is -0.772. The van der Waals surface area contributed by atoms with Crippen molar-refractivity contribution >= 4 is 23.2 Å². The molecule has 0 radical (unpaired) electrons. The number of nitrogens with one attached hydrogen (secondary N) is 1. The van der Waals surface area contributed by atoms with Crippen molar-refractivity contribution in [1.29, 1.82) is 0 Å².